The van der Waals surface area contributed by atoms with E-state index in [0.717, 1.165) is 19.3 Å². The Morgan fingerprint density at radius 3 is 2.80 bits per heavy atom. The van der Waals surface area contributed by atoms with Gasteiger partial charge in [0.25, 0.3) is 0 Å². The van der Waals surface area contributed by atoms with E-state index < -0.39 is 18.1 Å². The second kappa shape index (κ2) is 8.21. The summed E-state index contributed by atoms with van der Waals surface area (Å²) < 4.78 is 4.92. The lowest BCUT2D eigenvalue weighted by Gasteiger charge is -2.40. The number of carboxylic acids is 1. The Bertz CT molecular complexity index is 335. The fraction of sp³-hybridized carbons (Fsp3) is 0.857. The van der Waals surface area contributed by atoms with Crippen LogP contribution in [0.4, 0.5) is 0 Å². The van der Waals surface area contributed by atoms with Gasteiger partial charge in [-0.15, -0.1) is 0 Å². The van der Waals surface area contributed by atoms with Crippen molar-refractivity contribution in [2.24, 2.45) is 5.92 Å². The van der Waals surface area contributed by atoms with Gasteiger partial charge in [-0.25, -0.2) is 0 Å². The lowest BCUT2D eigenvalue weighted by atomic mass is 9.89. The van der Waals surface area contributed by atoms with E-state index in [1.165, 1.54) is 0 Å². The van der Waals surface area contributed by atoms with Gasteiger partial charge in [0.15, 0.2) is 0 Å². The highest BCUT2D eigenvalue weighted by Crippen LogP contribution is 2.25. The SMILES string of the molecule is COCCCNC(=O)C(C)N1CCCC(C)C1C(=O)O. The number of hydrogen-bond donors (Lipinski definition) is 2. The molecule has 6 heteroatoms. The number of piperidine rings is 1. The van der Waals surface area contributed by atoms with Crippen LogP contribution in [0.25, 0.3) is 0 Å². The molecule has 2 N–H and O–H groups in total. The number of nitrogens with one attached hydrogen (secondary N) is 1. The van der Waals surface area contributed by atoms with Crippen molar-refractivity contribution in [2.45, 2.75) is 45.2 Å². The maximum Gasteiger partial charge on any atom is 0.321 e. The van der Waals surface area contributed by atoms with Gasteiger partial charge in [0.1, 0.15) is 6.04 Å². The molecule has 1 aliphatic heterocycles. The molecule has 1 heterocycles. The quantitative estimate of drug-likeness (QED) is 0.674. The zero-order valence-electron chi connectivity index (χ0n) is 12.6. The maximum absolute atomic E-state index is 12.1. The number of aliphatic carboxylic acids is 1. The molecule has 0 bridgehead atoms. The first-order valence-electron chi connectivity index (χ1n) is 7.24. The van der Waals surface area contributed by atoms with Crippen molar-refractivity contribution in [3.8, 4) is 0 Å². The van der Waals surface area contributed by atoms with Crippen molar-refractivity contribution < 1.29 is 19.4 Å². The number of nitrogens with zero attached hydrogens (tertiary/aromatic N) is 1. The van der Waals surface area contributed by atoms with Crippen LogP contribution in [0.1, 0.15) is 33.1 Å². The Morgan fingerprint density at radius 2 is 2.20 bits per heavy atom. The number of ether oxygens (including phenoxy) is 1. The molecule has 3 atom stereocenters. The average Bonchev–Trinajstić information content (AvgIpc) is 2.41. The number of methoxy groups -OCH3 is 1. The summed E-state index contributed by atoms with van der Waals surface area (Å²) >= 11 is 0. The van der Waals surface area contributed by atoms with Crippen molar-refractivity contribution in [1.29, 1.82) is 0 Å². The molecule has 6 nitrogen and oxygen atoms in total. The van der Waals surface area contributed by atoms with E-state index in [1.54, 1.807) is 14.0 Å². The molecule has 1 saturated heterocycles. The average molecular weight is 286 g/mol. The number of hydrogen-bond acceptors (Lipinski definition) is 4. The van der Waals surface area contributed by atoms with E-state index in [-0.39, 0.29) is 11.8 Å². The van der Waals surface area contributed by atoms with Crippen molar-refractivity contribution in [1.82, 2.24) is 10.2 Å². The summed E-state index contributed by atoms with van der Waals surface area (Å²) in [6.45, 7) is 5.53. The summed E-state index contributed by atoms with van der Waals surface area (Å²) in [6.07, 6.45) is 2.59. The fourth-order valence-corrected chi connectivity index (χ4v) is 2.77. The predicted octanol–water partition coefficient (Wildman–Crippen LogP) is 0.713. The van der Waals surface area contributed by atoms with Crippen molar-refractivity contribution in [3.05, 3.63) is 0 Å². The van der Waals surface area contributed by atoms with Crippen molar-refractivity contribution in [3.63, 3.8) is 0 Å². The van der Waals surface area contributed by atoms with Gasteiger partial charge in [-0.3, -0.25) is 14.5 Å². The molecule has 0 spiro atoms. The molecule has 0 aromatic rings. The molecule has 1 rings (SSSR count). The van der Waals surface area contributed by atoms with E-state index in [2.05, 4.69) is 5.32 Å². The van der Waals surface area contributed by atoms with E-state index in [1.807, 2.05) is 11.8 Å². The van der Waals surface area contributed by atoms with Crippen LogP contribution < -0.4 is 5.32 Å². The Hall–Kier alpha value is -1.14. The highest BCUT2D eigenvalue weighted by atomic mass is 16.5. The zero-order valence-corrected chi connectivity index (χ0v) is 12.6. The molecule has 1 amide bonds. The lowest BCUT2D eigenvalue weighted by molar-refractivity contribution is -0.149. The molecule has 0 aromatic carbocycles. The van der Waals surface area contributed by atoms with Gasteiger partial charge in [0.2, 0.25) is 5.91 Å². The van der Waals surface area contributed by atoms with Gasteiger partial charge in [-0.05, 0) is 38.6 Å². The molecule has 3 unspecified atom stereocenters. The van der Waals surface area contributed by atoms with E-state index in [9.17, 15) is 14.7 Å². The van der Waals surface area contributed by atoms with Crippen molar-refractivity contribution in [2.75, 3.05) is 26.8 Å². The number of carboxylic acid groups (broad SMARTS) is 1. The first-order chi connectivity index (χ1) is 9.49. The normalized spacial score (nSPS) is 25.1. The third kappa shape index (κ3) is 4.45. The third-order valence-electron chi connectivity index (χ3n) is 3.93. The highest BCUT2D eigenvalue weighted by molar-refractivity contribution is 5.82. The summed E-state index contributed by atoms with van der Waals surface area (Å²) in [4.78, 5) is 25.3. The van der Waals surface area contributed by atoms with Crippen molar-refractivity contribution >= 4 is 11.9 Å². The van der Waals surface area contributed by atoms with Crippen LogP contribution in [-0.4, -0.2) is 60.8 Å². The summed E-state index contributed by atoms with van der Waals surface area (Å²) in [6, 6.07) is -0.982. The summed E-state index contributed by atoms with van der Waals surface area (Å²) in [5.41, 5.74) is 0. The molecule has 1 fully saturated rings. The van der Waals surface area contributed by atoms with Gasteiger partial charge in [-0.1, -0.05) is 6.92 Å². The van der Waals surface area contributed by atoms with Gasteiger partial charge in [0, 0.05) is 20.3 Å². The highest BCUT2D eigenvalue weighted by Gasteiger charge is 2.38. The molecule has 0 aromatic heterocycles. The largest absolute Gasteiger partial charge is 0.480 e. The third-order valence-corrected chi connectivity index (χ3v) is 3.93. The second-order valence-electron chi connectivity index (χ2n) is 5.45. The summed E-state index contributed by atoms with van der Waals surface area (Å²) in [7, 11) is 1.62. The van der Waals surface area contributed by atoms with Crippen LogP contribution in [0.15, 0.2) is 0 Å². The van der Waals surface area contributed by atoms with Gasteiger partial charge in [-0.2, -0.15) is 0 Å². The first-order valence-corrected chi connectivity index (χ1v) is 7.24. The number of carbonyl (C=O) groups excluding carboxylic acids is 1. The summed E-state index contributed by atoms with van der Waals surface area (Å²) in [5, 5.41) is 12.2. The Labute approximate surface area is 120 Å². The van der Waals surface area contributed by atoms with Crippen LogP contribution in [-0.2, 0) is 14.3 Å². The predicted molar refractivity (Wildman–Crippen MR) is 75.5 cm³/mol. The standard InChI is InChI=1S/C14H26N2O4/c1-10-6-4-8-16(12(10)14(18)19)11(2)13(17)15-7-5-9-20-3/h10-12H,4-9H2,1-3H3,(H,15,17)(H,18,19). The van der Waals surface area contributed by atoms with E-state index in [4.69, 9.17) is 4.74 Å². The molecule has 1 aliphatic rings. The van der Waals surface area contributed by atoms with Crippen LogP contribution in [0, 0.1) is 5.92 Å². The second-order valence-corrected chi connectivity index (χ2v) is 5.45. The van der Waals surface area contributed by atoms with Crippen LogP contribution in [0.3, 0.4) is 0 Å². The summed E-state index contributed by atoms with van der Waals surface area (Å²) in [5.74, 6) is -0.873. The van der Waals surface area contributed by atoms with Gasteiger partial charge >= 0.3 is 5.97 Å². The minimum absolute atomic E-state index is 0.0741. The monoisotopic (exact) mass is 286 g/mol. The number of likely N-dealkylation sites (tertiary alicyclic amines) is 1. The van der Waals surface area contributed by atoms with Crippen LogP contribution in [0.5, 0.6) is 0 Å². The topological polar surface area (TPSA) is 78.9 Å². The van der Waals surface area contributed by atoms with E-state index >= 15 is 0 Å². The Kier molecular flexibility index (Phi) is 6.95. The minimum Gasteiger partial charge on any atom is -0.480 e. The minimum atomic E-state index is -0.837. The van der Waals surface area contributed by atoms with Gasteiger partial charge < -0.3 is 15.2 Å². The van der Waals surface area contributed by atoms with Crippen LogP contribution in [0.2, 0.25) is 0 Å². The molecule has 116 valence electrons. The first kappa shape index (κ1) is 16.9. The number of rotatable bonds is 7. The van der Waals surface area contributed by atoms with Crippen LogP contribution >= 0.6 is 0 Å². The molecule has 0 radical (unpaired) electrons. The molecular weight excluding hydrogens is 260 g/mol. The maximum atomic E-state index is 12.1. The Morgan fingerprint density at radius 1 is 1.50 bits per heavy atom. The lowest BCUT2D eigenvalue weighted by Crippen LogP contribution is -2.57. The Balaban J connectivity index is 2.56. The van der Waals surface area contributed by atoms with Gasteiger partial charge in [0.05, 0.1) is 6.04 Å². The number of amides is 1. The van der Waals surface area contributed by atoms with E-state index in [0.29, 0.717) is 19.7 Å². The fourth-order valence-electron chi connectivity index (χ4n) is 2.77. The number of carbonyl (C=O) groups is 2. The molecule has 20 heavy (non-hydrogen) atoms. The molecule has 0 aliphatic carbocycles. The smallest absolute Gasteiger partial charge is 0.321 e. The zero-order chi connectivity index (χ0) is 15.1. The molecule has 0 saturated carbocycles. The molecular formula is C14H26N2O4.